The summed E-state index contributed by atoms with van der Waals surface area (Å²) in [6.07, 6.45) is 4.45. The lowest BCUT2D eigenvalue weighted by atomic mass is 9.57. The Morgan fingerprint density at radius 3 is 2.55 bits per heavy atom. The molecule has 1 saturated heterocycles. The number of rotatable bonds is 8. The van der Waals surface area contributed by atoms with Crippen molar-refractivity contribution in [3.8, 4) is 5.75 Å². The van der Waals surface area contributed by atoms with Crippen LogP contribution >= 0.6 is 23.2 Å². The molecule has 1 heterocycles. The molecule has 3 unspecified atom stereocenters. The summed E-state index contributed by atoms with van der Waals surface area (Å²) in [5, 5.41) is 4.08. The maximum absolute atomic E-state index is 13.2. The van der Waals surface area contributed by atoms with E-state index in [-0.39, 0.29) is 47.7 Å². The number of amides is 1. The van der Waals surface area contributed by atoms with E-state index in [1.165, 1.54) is 26.7 Å². The molecule has 0 radical (unpaired) electrons. The summed E-state index contributed by atoms with van der Waals surface area (Å²) < 4.78 is 11.4. The van der Waals surface area contributed by atoms with Crippen molar-refractivity contribution < 1.29 is 23.9 Å². The van der Waals surface area contributed by atoms with Gasteiger partial charge < -0.3 is 19.7 Å². The van der Waals surface area contributed by atoms with E-state index in [2.05, 4.69) is 16.3 Å². The quantitative estimate of drug-likeness (QED) is 0.332. The zero-order chi connectivity index (χ0) is 28.4. The number of fused-ring (bicyclic) bond motifs is 1. The molecular formula is C31H36Cl2N2O5. The molecule has 0 spiro atoms. The van der Waals surface area contributed by atoms with Gasteiger partial charge in [-0.15, -0.1) is 0 Å². The maximum atomic E-state index is 13.2. The molecule has 2 aromatic rings. The number of hydrogen-bond donors (Lipinski definition) is 1. The molecule has 1 amide bonds. The van der Waals surface area contributed by atoms with Crippen molar-refractivity contribution in [3.05, 3.63) is 63.6 Å². The normalized spacial score (nSPS) is 26.4. The largest absolute Gasteiger partial charge is 0.462 e. The van der Waals surface area contributed by atoms with Crippen LogP contribution in [0.1, 0.15) is 57.1 Å². The Kier molecular flexibility index (Phi) is 8.74. The van der Waals surface area contributed by atoms with Crippen LogP contribution in [0.4, 0.5) is 0 Å². The van der Waals surface area contributed by atoms with E-state index >= 15 is 0 Å². The Balaban J connectivity index is 1.44. The number of esters is 2. The van der Waals surface area contributed by atoms with E-state index in [1.807, 2.05) is 12.1 Å². The number of nitrogens with one attached hydrogen (secondary N) is 1. The topological polar surface area (TPSA) is 84.9 Å². The number of ether oxygens (including phenoxy) is 2. The smallest absolute Gasteiger partial charge is 0.308 e. The monoisotopic (exact) mass is 586 g/mol. The standard InChI is InChI=1S/C31H36Cl2N2O5/c1-19(36)39-25-5-3-4-23(14-25)31-10-11-35(17-21-6-7-21)18-26(31)29(40-20(2)37)15-24(16-31)34-30(38)13-22-8-9-27(32)28(33)12-22/h3-5,8-9,12,14,21,24,26,29H,6-7,10-11,13,15-18H2,1-2H3,(H,34,38)/t24-,26?,29?,31?/m0/s1. The highest BCUT2D eigenvalue weighted by Crippen LogP contribution is 2.51. The molecule has 2 aliphatic carbocycles. The number of carbonyl (C=O) groups excluding carboxylic acids is 3. The predicted molar refractivity (Wildman–Crippen MR) is 154 cm³/mol. The molecule has 1 N–H and O–H groups in total. The van der Waals surface area contributed by atoms with Crippen LogP contribution in [0.25, 0.3) is 0 Å². The lowest BCUT2D eigenvalue weighted by molar-refractivity contribution is -0.157. The van der Waals surface area contributed by atoms with Crippen LogP contribution < -0.4 is 10.1 Å². The molecule has 0 aromatic heterocycles. The van der Waals surface area contributed by atoms with Gasteiger partial charge in [-0.1, -0.05) is 41.4 Å². The van der Waals surface area contributed by atoms with Crippen molar-refractivity contribution in [2.24, 2.45) is 11.8 Å². The first-order chi connectivity index (χ1) is 19.1. The average molecular weight is 588 g/mol. The summed E-state index contributed by atoms with van der Waals surface area (Å²) >= 11 is 12.2. The first-order valence-corrected chi connectivity index (χ1v) is 14.8. The summed E-state index contributed by atoms with van der Waals surface area (Å²) in [6.45, 7) is 5.63. The zero-order valence-corrected chi connectivity index (χ0v) is 24.5. The van der Waals surface area contributed by atoms with Crippen LogP contribution in [-0.4, -0.2) is 54.5 Å². The number of nitrogens with zero attached hydrogens (tertiary/aromatic N) is 1. The van der Waals surface area contributed by atoms with Crippen molar-refractivity contribution in [2.45, 2.75) is 69.9 Å². The van der Waals surface area contributed by atoms with Gasteiger partial charge in [0.1, 0.15) is 11.9 Å². The third-order valence-corrected chi connectivity index (χ3v) is 9.27. The highest BCUT2D eigenvalue weighted by atomic mass is 35.5. The van der Waals surface area contributed by atoms with E-state index in [1.54, 1.807) is 24.3 Å². The van der Waals surface area contributed by atoms with Crippen LogP contribution in [0.2, 0.25) is 10.0 Å². The minimum Gasteiger partial charge on any atom is -0.462 e. The third-order valence-electron chi connectivity index (χ3n) is 8.53. The summed E-state index contributed by atoms with van der Waals surface area (Å²) in [5.41, 5.74) is 1.45. The van der Waals surface area contributed by atoms with E-state index < -0.39 is 0 Å². The molecule has 5 rings (SSSR count). The van der Waals surface area contributed by atoms with Gasteiger partial charge in [0.15, 0.2) is 0 Å². The number of piperidine rings is 1. The Hall–Kier alpha value is -2.61. The molecule has 40 heavy (non-hydrogen) atoms. The van der Waals surface area contributed by atoms with Gasteiger partial charge in [-0.2, -0.15) is 0 Å². The minimum atomic E-state index is -0.376. The number of hydrogen-bond acceptors (Lipinski definition) is 6. The molecule has 3 fully saturated rings. The molecule has 2 saturated carbocycles. The molecular weight excluding hydrogens is 551 g/mol. The maximum Gasteiger partial charge on any atom is 0.308 e. The molecule has 4 atom stereocenters. The van der Waals surface area contributed by atoms with Crippen LogP contribution in [0, 0.1) is 11.8 Å². The number of halogens is 2. The van der Waals surface area contributed by atoms with E-state index in [9.17, 15) is 14.4 Å². The molecule has 1 aliphatic heterocycles. The lowest BCUT2D eigenvalue weighted by Crippen LogP contribution is -2.61. The Bertz CT molecular complexity index is 1280. The first kappa shape index (κ1) is 28.9. The average Bonchev–Trinajstić information content (AvgIpc) is 3.70. The molecule has 7 nitrogen and oxygen atoms in total. The van der Waals surface area contributed by atoms with Gasteiger partial charge in [0.05, 0.1) is 16.5 Å². The van der Waals surface area contributed by atoms with Gasteiger partial charge >= 0.3 is 11.9 Å². The highest BCUT2D eigenvalue weighted by molar-refractivity contribution is 6.42. The van der Waals surface area contributed by atoms with E-state index in [4.69, 9.17) is 32.7 Å². The van der Waals surface area contributed by atoms with Gasteiger partial charge in [0.25, 0.3) is 0 Å². The SMILES string of the molecule is CC(=O)Oc1cccc(C23CCN(CC4CC4)CC2C(OC(C)=O)C[C@H](NC(=O)Cc2ccc(Cl)c(Cl)c2)C3)c1. The second-order valence-corrected chi connectivity index (χ2v) is 12.4. The van der Waals surface area contributed by atoms with Crippen LogP contribution in [-0.2, 0) is 31.0 Å². The fraction of sp³-hybridized carbons (Fsp3) is 0.516. The van der Waals surface area contributed by atoms with Crippen LogP contribution in [0.5, 0.6) is 5.75 Å². The second kappa shape index (κ2) is 12.1. The zero-order valence-electron chi connectivity index (χ0n) is 23.0. The van der Waals surface area contributed by atoms with Crippen molar-refractivity contribution in [3.63, 3.8) is 0 Å². The molecule has 214 valence electrons. The number of benzene rings is 2. The van der Waals surface area contributed by atoms with E-state index in [0.29, 0.717) is 28.6 Å². The second-order valence-electron chi connectivity index (χ2n) is 11.6. The van der Waals surface area contributed by atoms with Crippen LogP contribution in [0.15, 0.2) is 42.5 Å². The highest BCUT2D eigenvalue weighted by Gasteiger charge is 2.54. The van der Waals surface area contributed by atoms with Crippen molar-refractivity contribution >= 4 is 41.0 Å². The summed E-state index contributed by atoms with van der Waals surface area (Å²) in [7, 11) is 0. The molecule has 9 heteroatoms. The minimum absolute atomic E-state index is 0.0414. The van der Waals surface area contributed by atoms with Gasteiger partial charge in [-0.05, 0) is 73.5 Å². The van der Waals surface area contributed by atoms with Gasteiger partial charge in [-0.25, -0.2) is 0 Å². The first-order valence-electron chi connectivity index (χ1n) is 14.0. The summed E-state index contributed by atoms with van der Waals surface area (Å²) in [5.74, 6) is 0.462. The molecule has 2 aromatic carbocycles. The third kappa shape index (κ3) is 6.81. The fourth-order valence-electron chi connectivity index (χ4n) is 6.69. The Labute approximate surface area is 245 Å². The van der Waals surface area contributed by atoms with Crippen molar-refractivity contribution in [1.82, 2.24) is 10.2 Å². The van der Waals surface area contributed by atoms with Gasteiger partial charge in [0, 0.05) is 50.7 Å². The van der Waals surface area contributed by atoms with E-state index in [0.717, 1.165) is 43.1 Å². The Morgan fingerprint density at radius 1 is 1.05 bits per heavy atom. The predicted octanol–water partition coefficient (Wildman–Crippen LogP) is 5.34. The number of likely N-dealkylation sites (tertiary alicyclic amines) is 1. The Morgan fingerprint density at radius 2 is 1.85 bits per heavy atom. The number of carbonyl (C=O) groups is 3. The van der Waals surface area contributed by atoms with Crippen LogP contribution in [0.3, 0.4) is 0 Å². The van der Waals surface area contributed by atoms with Gasteiger partial charge in [0.2, 0.25) is 5.91 Å². The van der Waals surface area contributed by atoms with Crippen molar-refractivity contribution in [1.29, 1.82) is 0 Å². The molecule has 0 bridgehead atoms. The lowest BCUT2D eigenvalue weighted by Gasteiger charge is -2.55. The summed E-state index contributed by atoms with van der Waals surface area (Å²) in [4.78, 5) is 39.7. The molecule has 3 aliphatic rings. The summed E-state index contributed by atoms with van der Waals surface area (Å²) in [6, 6.07) is 12.7. The fourth-order valence-corrected chi connectivity index (χ4v) is 7.01. The van der Waals surface area contributed by atoms with Gasteiger partial charge in [-0.3, -0.25) is 14.4 Å². The van der Waals surface area contributed by atoms with Crippen molar-refractivity contribution in [2.75, 3.05) is 19.6 Å².